The van der Waals surface area contributed by atoms with Crippen molar-refractivity contribution in [1.29, 1.82) is 0 Å². The molecule has 0 saturated carbocycles. The summed E-state index contributed by atoms with van der Waals surface area (Å²) in [5, 5.41) is 3.32. The lowest BCUT2D eigenvalue weighted by Crippen LogP contribution is -2.46. The number of rotatable bonds is 9. The van der Waals surface area contributed by atoms with Gasteiger partial charge in [0.25, 0.3) is 4.61 Å². The van der Waals surface area contributed by atoms with Crippen LogP contribution < -0.4 is 15.2 Å². The van der Waals surface area contributed by atoms with E-state index >= 15 is 4.39 Å². The molecule has 198 valence electrons. The lowest BCUT2D eigenvalue weighted by atomic mass is 9.96. The van der Waals surface area contributed by atoms with E-state index in [2.05, 4.69) is 26.7 Å². The van der Waals surface area contributed by atoms with Gasteiger partial charge < -0.3 is 14.2 Å². The molecule has 8 heteroatoms. The lowest BCUT2D eigenvalue weighted by molar-refractivity contribution is -0.417. The van der Waals surface area contributed by atoms with E-state index in [4.69, 9.17) is 25.8 Å². The van der Waals surface area contributed by atoms with Crippen LogP contribution in [0.3, 0.4) is 0 Å². The number of fused-ring (bicyclic) bond motifs is 4. The van der Waals surface area contributed by atoms with Crippen molar-refractivity contribution in [2.75, 3.05) is 40.2 Å². The van der Waals surface area contributed by atoms with Gasteiger partial charge in [0, 0.05) is 47.1 Å². The summed E-state index contributed by atoms with van der Waals surface area (Å²) in [6.07, 6.45) is 4.55. The van der Waals surface area contributed by atoms with Crippen molar-refractivity contribution in [2.24, 2.45) is 0 Å². The van der Waals surface area contributed by atoms with Gasteiger partial charge in [-0.2, -0.15) is 0 Å². The highest BCUT2D eigenvalue weighted by Gasteiger charge is 2.36. The molecule has 0 aliphatic carbocycles. The maximum Gasteiger partial charge on any atom is 0.265 e. The number of nitrogens with zero attached hydrogens (tertiary/aromatic N) is 2. The molecule has 2 saturated heterocycles. The number of unbranched alkanes of at least 4 members (excludes halogenated alkanes) is 1. The Morgan fingerprint density at radius 2 is 1.95 bits per heavy atom. The molecule has 0 spiro atoms. The summed E-state index contributed by atoms with van der Waals surface area (Å²) in [5.41, 5.74) is 1.03. The molecule has 3 aromatic carbocycles. The van der Waals surface area contributed by atoms with Crippen LogP contribution in [0, 0.1) is 5.82 Å². The molecule has 2 atom stereocenters. The molecular formula is C30H30BrClFN2O3+. The molecule has 2 fully saturated rings. The van der Waals surface area contributed by atoms with Crippen LogP contribution in [-0.2, 0) is 9.47 Å². The minimum atomic E-state index is -0.383. The van der Waals surface area contributed by atoms with Gasteiger partial charge in [0.05, 0.1) is 23.5 Å². The summed E-state index contributed by atoms with van der Waals surface area (Å²) in [6, 6.07) is 14.5. The summed E-state index contributed by atoms with van der Waals surface area (Å²) in [5.74, 6) is 3.49. The van der Waals surface area contributed by atoms with E-state index in [9.17, 15) is 0 Å². The van der Waals surface area contributed by atoms with E-state index in [1.807, 2.05) is 47.0 Å². The molecule has 3 aliphatic rings. The van der Waals surface area contributed by atoms with E-state index in [-0.39, 0.29) is 12.6 Å². The third-order valence-corrected chi connectivity index (χ3v) is 8.97. The third-order valence-electron chi connectivity index (χ3n) is 7.81. The number of hydrogen-bond acceptors (Lipinski definition) is 4. The zero-order chi connectivity index (χ0) is 26.2. The number of hydrogen-bond donors (Lipinski definition) is 0. The first-order valence-corrected chi connectivity index (χ1v) is 14.3. The zero-order valence-electron chi connectivity index (χ0n) is 21.3. The van der Waals surface area contributed by atoms with E-state index in [1.54, 1.807) is 7.11 Å². The summed E-state index contributed by atoms with van der Waals surface area (Å²) in [7, 11) is 1.57. The van der Waals surface area contributed by atoms with Crippen LogP contribution in [0.25, 0.3) is 26.5 Å². The van der Waals surface area contributed by atoms with Crippen molar-refractivity contribution in [1.82, 2.24) is 4.90 Å². The second-order valence-corrected chi connectivity index (χ2v) is 11.3. The van der Waals surface area contributed by atoms with Crippen LogP contribution >= 0.6 is 27.5 Å². The van der Waals surface area contributed by atoms with Gasteiger partial charge in [-0.3, -0.25) is 4.90 Å². The first kappa shape index (κ1) is 26.0. The first-order valence-electron chi connectivity index (χ1n) is 13.1. The Bertz CT molecular complexity index is 1540. The van der Waals surface area contributed by atoms with Gasteiger partial charge in [0.1, 0.15) is 11.0 Å². The number of methoxy groups -OCH3 is 1. The molecule has 0 amide bonds. The van der Waals surface area contributed by atoms with Crippen LogP contribution in [0.5, 0.6) is 5.75 Å². The van der Waals surface area contributed by atoms with E-state index in [1.165, 1.54) is 12.8 Å². The largest absolute Gasteiger partial charge is 0.468 e. The summed E-state index contributed by atoms with van der Waals surface area (Å²) in [4.78, 5) is 2.62. The third kappa shape index (κ3) is 4.81. The Balaban J connectivity index is 1.31. The Hall–Kier alpha value is -2.25. The van der Waals surface area contributed by atoms with Crippen molar-refractivity contribution >= 4 is 48.8 Å². The maximum absolute atomic E-state index is 16.2. The highest BCUT2D eigenvalue weighted by molar-refractivity contribution is 9.14. The summed E-state index contributed by atoms with van der Waals surface area (Å²) < 4.78 is 35.5. The van der Waals surface area contributed by atoms with Crippen LogP contribution in [0.15, 0.2) is 42.5 Å². The Morgan fingerprint density at radius 1 is 1.16 bits per heavy atom. The number of ether oxygens (including phenoxy) is 3. The van der Waals surface area contributed by atoms with Crippen molar-refractivity contribution in [3.8, 4) is 16.9 Å². The average molecular weight is 601 g/mol. The predicted octanol–water partition coefficient (Wildman–Crippen LogP) is 4.75. The molecule has 38 heavy (non-hydrogen) atoms. The van der Waals surface area contributed by atoms with Gasteiger partial charge in [0.15, 0.2) is 25.0 Å². The Morgan fingerprint density at radius 3 is 2.74 bits per heavy atom. The highest BCUT2D eigenvalue weighted by atomic mass is 79.9. The van der Waals surface area contributed by atoms with E-state index in [0.717, 1.165) is 59.7 Å². The Labute approximate surface area is 234 Å². The van der Waals surface area contributed by atoms with Gasteiger partial charge in [-0.25, -0.2) is 4.39 Å². The monoisotopic (exact) mass is 599 g/mol. The minimum absolute atomic E-state index is 0.101. The standard InChI is InChI=1S/C30H30BrClFN2O3/c1-36-18-38-22-12-19-6-2-3-7-23(19)24(13-22)28-27(32)14-25-26(29(28)33)15-34(30(25)31)10-4-5-11-35-20-8-9-21(35)17-37-16-20/h2-3,6-7,12-14,20-21H,4-5,8-11,16-18H2,1H3/q+1. The maximum atomic E-state index is 16.2. The SMILES string of the molecule is COCOc1cc(-c2c(Cl)cc3c(c2F)=C=[N+](CCCCN2C4CCC2COC4)C=3Br)c2ccccc2c1. The van der Waals surface area contributed by atoms with Crippen molar-refractivity contribution < 1.29 is 23.2 Å². The number of benzene rings is 3. The number of halogens is 3. The predicted molar refractivity (Wildman–Crippen MR) is 151 cm³/mol. The van der Waals surface area contributed by atoms with Crippen molar-refractivity contribution in [2.45, 2.75) is 37.8 Å². The molecule has 0 radical (unpaired) electrons. The van der Waals surface area contributed by atoms with Crippen LogP contribution in [0.4, 0.5) is 4.39 Å². The average Bonchev–Trinajstić information content (AvgIpc) is 3.34. The summed E-state index contributed by atoms with van der Waals surface area (Å²) in [6.45, 7) is 3.65. The topological polar surface area (TPSA) is 33.9 Å². The fourth-order valence-electron chi connectivity index (χ4n) is 5.96. The molecule has 2 unspecified atom stereocenters. The molecular weight excluding hydrogens is 571 g/mol. The number of morpholine rings is 1. The van der Waals surface area contributed by atoms with E-state index in [0.29, 0.717) is 39.2 Å². The first-order chi connectivity index (χ1) is 18.5. The molecule has 0 aromatic heterocycles. The minimum Gasteiger partial charge on any atom is -0.468 e. The van der Waals surface area contributed by atoms with Gasteiger partial charge in [0.2, 0.25) is 0 Å². The fourth-order valence-corrected chi connectivity index (χ4v) is 6.84. The molecule has 3 heterocycles. The van der Waals surface area contributed by atoms with E-state index < -0.39 is 0 Å². The highest BCUT2D eigenvalue weighted by Crippen LogP contribution is 2.37. The quantitative estimate of drug-likeness (QED) is 0.154. The van der Waals surface area contributed by atoms with Crippen molar-refractivity contribution in [3.63, 3.8) is 0 Å². The molecule has 3 aromatic rings. The summed E-state index contributed by atoms with van der Waals surface area (Å²) >= 11 is 10.4. The van der Waals surface area contributed by atoms with Gasteiger partial charge in [-0.05, 0) is 60.3 Å². The lowest BCUT2D eigenvalue weighted by Gasteiger charge is -2.34. The smallest absolute Gasteiger partial charge is 0.265 e. The van der Waals surface area contributed by atoms with Crippen LogP contribution in [-0.4, -0.2) is 67.6 Å². The second kappa shape index (κ2) is 11.1. The fraction of sp³-hybridized carbons (Fsp3) is 0.400. The normalized spacial score (nSPS) is 20.5. The van der Waals surface area contributed by atoms with Crippen LogP contribution in [0.1, 0.15) is 25.7 Å². The molecule has 2 bridgehead atoms. The molecule has 0 N–H and O–H groups in total. The van der Waals surface area contributed by atoms with Gasteiger partial charge in [-0.15, -0.1) is 4.58 Å². The van der Waals surface area contributed by atoms with Gasteiger partial charge >= 0.3 is 0 Å². The molecule has 5 nitrogen and oxygen atoms in total. The second-order valence-electron chi connectivity index (χ2n) is 10.1. The molecule has 3 aliphatic heterocycles. The molecule has 6 rings (SSSR count). The van der Waals surface area contributed by atoms with Gasteiger partial charge in [-0.1, -0.05) is 35.9 Å². The zero-order valence-corrected chi connectivity index (χ0v) is 23.7. The van der Waals surface area contributed by atoms with Crippen molar-refractivity contribution in [3.05, 3.63) is 63.7 Å². The van der Waals surface area contributed by atoms with Crippen LogP contribution in [0.2, 0.25) is 5.02 Å². The Kier molecular flexibility index (Phi) is 7.59.